The average Bonchev–Trinajstić information content (AvgIpc) is 3.07. The molecule has 2 rings (SSSR count). The fraction of sp³-hybridized carbons (Fsp3) is 0.333. The lowest BCUT2D eigenvalue weighted by molar-refractivity contribution is -0.192. The van der Waals surface area contributed by atoms with E-state index in [9.17, 15) is 22.8 Å². The Morgan fingerprint density at radius 2 is 1.79 bits per heavy atom. The van der Waals surface area contributed by atoms with Gasteiger partial charge >= 0.3 is 18.1 Å². The van der Waals surface area contributed by atoms with Crippen LogP contribution in [0.15, 0.2) is 24.4 Å². The smallest absolute Gasteiger partial charge is 0.481 e. The van der Waals surface area contributed by atoms with Gasteiger partial charge in [0.1, 0.15) is 0 Å². The van der Waals surface area contributed by atoms with E-state index in [1.165, 1.54) is 22.3 Å². The van der Waals surface area contributed by atoms with Crippen molar-refractivity contribution in [3.8, 4) is 0 Å². The van der Waals surface area contributed by atoms with Gasteiger partial charge in [0.25, 0.3) is 5.91 Å². The van der Waals surface area contributed by atoms with Crippen molar-refractivity contribution in [1.82, 2.24) is 9.69 Å². The number of nitrogens with one attached hydrogen (secondary N) is 1. The number of hydrogen-bond acceptors (Lipinski definition) is 7. The third-order valence-electron chi connectivity index (χ3n) is 2.81. The van der Waals surface area contributed by atoms with Gasteiger partial charge in [-0.1, -0.05) is 27.7 Å². The summed E-state index contributed by atoms with van der Waals surface area (Å²) in [5, 5.41) is 19.5. The minimum atomic E-state index is -5.08. The van der Waals surface area contributed by atoms with Gasteiger partial charge in [-0.25, -0.2) is 4.79 Å². The minimum Gasteiger partial charge on any atom is -0.481 e. The number of amides is 1. The first-order valence-electron chi connectivity index (χ1n) is 7.50. The number of halogens is 3. The first kappa shape index (κ1) is 24.0. The third-order valence-corrected chi connectivity index (χ3v) is 5.98. The zero-order valence-corrected chi connectivity index (χ0v) is 16.5. The van der Waals surface area contributed by atoms with Crippen LogP contribution in [-0.4, -0.2) is 56.7 Å². The van der Waals surface area contributed by atoms with Gasteiger partial charge in [0.15, 0.2) is 0 Å². The molecule has 154 valence electrons. The van der Waals surface area contributed by atoms with Crippen molar-refractivity contribution in [2.24, 2.45) is 0 Å². The van der Waals surface area contributed by atoms with Crippen LogP contribution in [0.5, 0.6) is 0 Å². The van der Waals surface area contributed by atoms with E-state index in [1.54, 1.807) is 23.1 Å². The van der Waals surface area contributed by atoms with Crippen LogP contribution in [0, 0.1) is 0 Å². The number of aliphatic carboxylic acids is 2. The summed E-state index contributed by atoms with van der Waals surface area (Å²) in [5.74, 6) is -2.31. The average molecular weight is 456 g/mol. The van der Waals surface area contributed by atoms with E-state index in [4.69, 9.17) is 15.0 Å². The maximum absolute atomic E-state index is 12.0. The molecule has 0 atom stereocenters. The Bertz CT molecular complexity index is 814. The van der Waals surface area contributed by atoms with Crippen molar-refractivity contribution < 1.29 is 37.8 Å². The summed E-state index contributed by atoms with van der Waals surface area (Å²) in [6.45, 7) is 0.560. The number of hydrogen-bond donors (Lipinski definition) is 3. The number of aromatic nitrogens is 1. The standard InChI is InChI=1S/C13H14N2O3S3.C2HF3O2/c16-12(17)3-5-19-20-6-4-14-13(18)9-1-2-10-8-15-21-11(10)7-9;3-2(4,5)1(6)7/h1-2,7-8H,3-6H2,(H,14,18)(H,16,17);(H,6,7). The van der Waals surface area contributed by atoms with Crippen molar-refractivity contribution in [2.75, 3.05) is 18.1 Å². The van der Waals surface area contributed by atoms with Crippen LogP contribution in [0.4, 0.5) is 13.2 Å². The second kappa shape index (κ2) is 11.8. The summed E-state index contributed by atoms with van der Waals surface area (Å²) in [5.41, 5.74) is 0.635. The maximum atomic E-state index is 12.0. The molecule has 0 aliphatic carbocycles. The lowest BCUT2D eigenvalue weighted by atomic mass is 10.2. The van der Waals surface area contributed by atoms with E-state index in [2.05, 4.69) is 9.69 Å². The van der Waals surface area contributed by atoms with Crippen molar-refractivity contribution in [3.05, 3.63) is 30.0 Å². The number of carbonyl (C=O) groups is 3. The second-order valence-electron chi connectivity index (χ2n) is 4.92. The van der Waals surface area contributed by atoms with Crippen LogP contribution < -0.4 is 5.32 Å². The zero-order chi connectivity index (χ0) is 21.2. The third kappa shape index (κ3) is 9.28. The predicted octanol–water partition coefficient (Wildman–Crippen LogP) is 3.52. The van der Waals surface area contributed by atoms with E-state index in [0.29, 0.717) is 17.9 Å². The van der Waals surface area contributed by atoms with Crippen molar-refractivity contribution in [2.45, 2.75) is 12.6 Å². The second-order valence-corrected chi connectivity index (χ2v) is 8.46. The van der Waals surface area contributed by atoms with Gasteiger partial charge < -0.3 is 15.5 Å². The van der Waals surface area contributed by atoms with Crippen molar-refractivity contribution in [1.29, 1.82) is 0 Å². The summed E-state index contributed by atoms with van der Waals surface area (Å²) in [4.78, 5) is 31.2. The molecule has 3 N–H and O–H groups in total. The minimum absolute atomic E-state index is 0.0959. The molecular weight excluding hydrogens is 441 g/mol. The molecule has 2 aromatic rings. The highest BCUT2D eigenvalue weighted by atomic mass is 33.1. The van der Waals surface area contributed by atoms with Gasteiger partial charge in [-0.3, -0.25) is 9.59 Å². The molecule has 7 nitrogen and oxygen atoms in total. The fourth-order valence-electron chi connectivity index (χ4n) is 1.56. The van der Waals surface area contributed by atoms with Crippen LogP contribution >= 0.6 is 33.1 Å². The van der Waals surface area contributed by atoms with Gasteiger partial charge in [0, 0.05) is 35.2 Å². The van der Waals surface area contributed by atoms with Crippen LogP contribution in [-0.2, 0) is 9.59 Å². The highest BCUT2D eigenvalue weighted by Gasteiger charge is 2.38. The predicted molar refractivity (Wildman–Crippen MR) is 103 cm³/mol. The molecule has 0 aliphatic heterocycles. The van der Waals surface area contributed by atoms with E-state index >= 15 is 0 Å². The molecule has 0 radical (unpaired) electrons. The number of carboxylic acids is 2. The summed E-state index contributed by atoms with van der Waals surface area (Å²) in [6, 6.07) is 5.53. The molecule has 0 saturated carbocycles. The Morgan fingerprint density at radius 3 is 2.39 bits per heavy atom. The molecule has 0 unspecified atom stereocenters. The Kier molecular flexibility index (Phi) is 10.1. The summed E-state index contributed by atoms with van der Waals surface area (Å²) in [6.07, 6.45) is -3.13. The summed E-state index contributed by atoms with van der Waals surface area (Å²) >= 11 is 1.37. The Hall–Kier alpha value is -1.99. The fourth-order valence-corrected chi connectivity index (χ4v) is 4.13. The Morgan fingerprint density at radius 1 is 1.14 bits per heavy atom. The molecule has 0 fully saturated rings. The van der Waals surface area contributed by atoms with Gasteiger partial charge in [-0.2, -0.15) is 17.5 Å². The molecule has 0 bridgehead atoms. The largest absolute Gasteiger partial charge is 0.490 e. The topological polar surface area (TPSA) is 117 Å². The Labute approximate surface area is 169 Å². The molecule has 13 heteroatoms. The molecule has 1 aromatic heterocycles. The lowest BCUT2D eigenvalue weighted by Crippen LogP contribution is -2.25. The van der Waals surface area contributed by atoms with Gasteiger partial charge in [-0.15, -0.1) is 0 Å². The number of carboxylic acid groups (broad SMARTS) is 2. The number of rotatable bonds is 8. The molecule has 0 aliphatic rings. The molecule has 0 saturated heterocycles. The first-order chi connectivity index (χ1) is 13.1. The van der Waals surface area contributed by atoms with Crippen LogP contribution in [0.3, 0.4) is 0 Å². The molecule has 28 heavy (non-hydrogen) atoms. The number of carbonyl (C=O) groups excluding carboxylic acids is 1. The lowest BCUT2D eigenvalue weighted by Gasteiger charge is -2.04. The first-order valence-corrected chi connectivity index (χ1v) is 10.8. The van der Waals surface area contributed by atoms with E-state index in [1.807, 2.05) is 12.1 Å². The van der Waals surface area contributed by atoms with E-state index < -0.39 is 18.1 Å². The van der Waals surface area contributed by atoms with E-state index in [0.717, 1.165) is 15.8 Å². The van der Waals surface area contributed by atoms with Gasteiger partial charge in [0.05, 0.1) is 11.1 Å². The highest BCUT2D eigenvalue weighted by Crippen LogP contribution is 2.21. The molecule has 0 spiro atoms. The quantitative estimate of drug-likeness (QED) is 0.408. The number of fused-ring (bicyclic) bond motifs is 1. The normalized spacial score (nSPS) is 10.8. The molecule has 1 aromatic carbocycles. The summed E-state index contributed by atoms with van der Waals surface area (Å²) in [7, 11) is 3.08. The Balaban J connectivity index is 0.000000480. The van der Waals surface area contributed by atoms with Crippen LogP contribution in [0.2, 0.25) is 0 Å². The molecule has 1 amide bonds. The number of nitrogens with zero attached hydrogens (tertiary/aromatic N) is 1. The highest BCUT2D eigenvalue weighted by molar-refractivity contribution is 8.76. The number of benzene rings is 1. The van der Waals surface area contributed by atoms with E-state index in [-0.39, 0.29) is 12.3 Å². The maximum Gasteiger partial charge on any atom is 0.490 e. The number of alkyl halides is 3. The zero-order valence-electron chi connectivity index (χ0n) is 14.1. The monoisotopic (exact) mass is 456 g/mol. The summed E-state index contributed by atoms with van der Waals surface area (Å²) < 4.78 is 36.8. The van der Waals surface area contributed by atoms with Crippen molar-refractivity contribution >= 4 is 61.1 Å². The SMILES string of the molecule is O=C(O)C(F)(F)F.O=C(O)CCSSCCNC(=O)c1ccc2cnsc2c1. The molecular formula is C15H15F3N2O5S3. The van der Waals surface area contributed by atoms with Crippen LogP contribution in [0.1, 0.15) is 16.8 Å². The van der Waals surface area contributed by atoms with Crippen LogP contribution in [0.25, 0.3) is 10.1 Å². The molecule has 1 heterocycles. The van der Waals surface area contributed by atoms with Crippen molar-refractivity contribution in [3.63, 3.8) is 0 Å². The van der Waals surface area contributed by atoms with Gasteiger partial charge in [-0.05, 0) is 23.7 Å². The van der Waals surface area contributed by atoms with Gasteiger partial charge in [0.2, 0.25) is 0 Å².